The van der Waals surface area contributed by atoms with E-state index in [1.807, 2.05) is 10.8 Å². The van der Waals surface area contributed by atoms with Crippen molar-refractivity contribution < 1.29 is 8.42 Å². The van der Waals surface area contributed by atoms with E-state index < -0.39 is 10.0 Å². The third-order valence-electron chi connectivity index (χ3n) is 1.67. The quantitative estimate of drug-likeness (QED) is 0.584. The van der Waals surface area contributed by atoms with Gasteiger partial charge in [0.2, 0.25) is 10.0 Å². The van der Waals surface area contributed by atoms with Gasteiger partial charge in [-0.25, -0.2) is 18.5 Å². The van der Waals surface area contributed by atoms with E-state index >= 15 is 0 Å². The fourth-order valence-corrected chi connectivity index (χ4v) is 1.40. The molecule has 0 saturated carbocycles. The second-order valence-electron chi connectivity index (χ2n) is 2.92. The Kier molecular flexibility index (Phi) is 4.05. The summed E-state index contributed by atoms with van der Waals surface area (Å²) < 4.78 is 23.0. The van der Waals surface area contributed by atoms with Crippen LogP contribution in [0.4, 0.5) is 0 Å². The van der Waals surface area contributed by atoms with Gasteiger partial charge in [0.15, 0.2) is 0 Å². The van der Waals surface area contributed by atoms with Crippen LogP contribution in [0.5, 0.6) is 0 Å². The summed E-state index contributed by atoms with van der Waals surface area (Å²) >= 11 is 0. The Balaban J connectivity index is 2.06. The number of imidazole rings is 1. The van der Waals surface area contributed by atoms with Crippen molar-refractivity contribution in [3.8, 4) is 0 Å². The number of hydrogen-bond donors (Lipinski definition) is 2. The SMILES string of the molecule is NS(=O)(=O)CCNCCn1ccnc1. The zero-order chi connectivity index (χ0) is 10.4. The van der Waals surface area contributed by atoms with Crippen molar-refractivity contribution in [1.29, 1.82) is 0 Å². The lowest BCUT2D eigenvalue weighted by Crippen LogP contribution is -2.29. The van der Waals surface area contributed by atoms with E-state index in [2.05, 4.69) is 10.3 Å². The van der Waals surface area contributed by atoms with Gasteiger partial charge in [-0.1, -0.05) is 0 Å². The third-order valence-corrected chi connectivity index (χ3v) is 2.44. The fourth-order valence-electron chi connectivity index (χ4n) is 0.967. The number of aromatic nitrogens is 2. The molecule has 0 bridgehead atoms. The Hall–Kier alpha value is -0.920. The summed E-state index contributed by atoms with van der Waals surface area (Å²) in [6, 6.07) is 0. The highest BCUT2D eigenvalue weighted by molar-refractivity contribution is 7.89. The van der Waals surface area contributed by atoms with E-state index in [0.29, 0.717) is 13.1 Å². The maximum absolute atomic E-state index is 10.5. The maximum Gasteiger partial charge on any atom is 0.210 e. The first-order valence-electron chi connectivity index (χ1n) is 4.25. The lowest BCUT2D eigenvalue weighted by atomic mass is 10.6. The van der Waals surface area contributed by atoms with Crippen molar-refractivity contribution in [3.63, 3.8) is 0 Å². The molecule has 80 valence electrons. The van der Waals surface area contributed by atoms with Crippen LogP contribution >= 0.6 is 0 Å². The minimum atomic E-state index is -3.34. The van der Waals surface area contributed by atoms with Crippen molar-refractivity contribution in [2.45, 2.75) is 6.54 Å². The Labute approximate surface area is 83.2 Å². The summed E-state index contributed by atoms with van der Waals surface area (Å²) in [5.41, 5.74) is 0. The number of nitrogens with zero attached hydrogens (tertiary/aromatic N) is 2. The molecule has 0 aliphatic rings. The van der Waals surface area contributed by atoms with Gasteiger partial charge in [0.05, 0.1) is 12.1 Å². The van der Waals surface area contributed by atoms with Crippen LogP contribution < -0.4 is 10.5 Å². The van der Waals surface area contributed by atoms with E-state index in [9.17, 15) is 8.42 Å². The van der Waals surface area contributed by atoms with Crippen LogP contribution in [0.15, 0.2) is 18.7 Å². The minimum absolute atomic E-state index is 0.0308. The summed E-state index contributed by atoms with van der Waals surface area (Å²) in [7, 11) is -3.34. The van der Waals surface area contributed by atoms with Gasteiger partial charge in [-0.2, -0.15) is 0 Å². The molecule has 0 unspecified atom stereocenters. The molecule has 1 heterocycles. The molecule has 0 aliphatic carbocycles. The van der Waals surface area contributed by atoms with Gasteiger partial charge in [-0.3, -0.25) is 0 Å². The van der Waals surface area contributed by atoms with E-state index in [4.69, 9.17) is 5.14 Å². The summed E-state index contributed by atoms with van der Waals surface area (Å²) in [5.74, 6) is -0.0308. The summed E-state index contributed by atoms with van der Waals surface area (Å²) in [6.45, 7) is 1.85. The van der Waals surface area contributed by atoms with Gasteiger partial charge >= 0.3 is 0 Å². The molecular weight excluding hydrogens is 204 g/mol. The number of rotatable bonds is 6. The highest BCUT2D eigenvalue weighted by Gasteiger charge is 2.00. The van der Waals surface area contributed by atoms with Gasteiger partial charge in [0.1, 0.15) is 0 Å². The molecule has 0 radical (unpaired) electrons. The van der Waals surface area contributed by atoms with E-state index in [1.54, 1.807) is 12.5 Å². The largest absolute Gasteiger partial charge is 0.336 e. The molecule has 14 heavy (non-hydrogen) atoms. The average Bonchev–Trinajstić information content (AvgIpc) is 2.54. The van der Waals surface area contributed by atoms with Gasteiger partial charge in [-0.05, 0) is 0 Å². The Bertz CT molecular complexity index is 346. The van der Waals surface area contributed by atoms with E-state index in [-0.39, 0.29) is 5.75 Å². The lowest BCUT2D eigenvalue weighted by molar-refractivity contribution is 0.583. The fraction of sp³-hybridized carbons (Fsp3) is 0.571. The van der Waals surface area contributed by atoms with E-state index in [0.717, 1.165) is 6.54 Å². The predicted molar refractivity (Wildman–Crippen MR) is 53.1 cm³/mol. The molecule has 0 amide bonds. The zero-order valence-electron chi connectivity index (χ0n) is 7.76. The topological polar surface area (TPSA) is 90.0 Å². The first kappa shape index (κ1) is 11.2. The van der Waals surface area contributed by atoms with Crippen molar-refractivity contribution in [2.24, 2.45) is 5.14 Å². The molecule has 1 rings (SSSR count). The summed E-state index contributed by atoms with van der Waals surface area (Å²) in [5, 5.41) is 7.80. The molecule has 0 fully saturated rings. The van der Waals surface area contributed by atoms with Crippen LogP contribution in [0, 0.1) is 0 Å². The molecule has 1 aromatic rings. The van der Waals surface area contributed by atoms with Gasteiger partial charge in [0.25, 0.3) is 0 Å². The van der Waals surface area contributed by atoms with Gasteiger partial charge in [-0.15, -0.1) is 0 Å². The molecule has 0 saturated heterocycles. The number of nitrogens with two attached hydrogens (primary N) is 1. The van der Waals surface area contributed by atoms with Crippen molar-refractivity contribution in [1.82, 2.24) is 14.9 Å². The van der Waals surface area contributed by atoms with Crippen LogP contribution in [0.2, 0.25) is 0 Å². The monoisotopic (exact) mass is 218 g/mol. The van der Waals surface area contributed by atoms with Crippen molar-refractivity contribution >= 4 is 10.0 Å². The van der Waals surface area contributed by atoms with Crippen LogP contribution in [-0.4, -0.2) is 36.8 Å². The Morgan fingerprint density at radius 2 is 2.21 bits per heavy atom. The first-order valence-corrected chi connectivity index (χ1v) is 5.96. The molecule has 0 aliphatic heterocycles. The predicted octanol–water partition coefficient (Wildman–Crippen LogP) is -1.24. The minimum Gasteiger partial charge on any atom is -0.336 e. The zero-order valence-corrected chi connectivity index (χ0v) is 8.57. The normalized spacial score (nSPS) is 11.8. The van der Waals surface area contributed by atoms with Crippen LogP contribution in [0.1, 0.15) is 0 Å². The van der Waals surface area contributed by atoms with Crippen LogP contribution in [0.25, 0.3) is 0 Å². The molecule has 0 spiro atoms. The number of hydrogen-bond acceptors (Lipinski definition) is 4. The van der Waals surface area contributed by atoms with Crippen LogP contribution in [0.3, 0.4) is 0 Å². The Morgan fingerprint density at radius 3 is 2.79 bits per heavy atom. The van der Waals surface area contributed by atoms with E-state index in [1.165, 1.54) is 0 Å². The van der Waals surface area contributed by atoms with Gasteiger partial charge in [0, 0.05) is 32.0 Å². The van der Waals surface area contributed by atoms with Crippen molar-refractivity contribution in [2.75, 3.05) is 18.8 Å². The average molecular weight is 218 g/mol. The van der Waals surface area contributed by atoms with Crippen molar-refractivity contribution in [3.05, 3.63) is 18.7 Å². The third kappa shape index (κ3) is 4.95. The highest BCUT2D eigenvalue weighted by atomic mass is 32.2. The molecule has 0 aromatic carbocycles. The number of sulfonamides is 1. The Morgan fingerprint density at radius 1 is 1.43 bits per heavy atom. The first-order chi connectivity index (χ1) is 6.58. The van der Waals surface area contributed by atoms with Crippen LogP contribution in [-0.2, 0) is 16.6 Å². The lowest BCUT2D eigenvalue weighted by Gasteiger charge is -2.03. The van der Waals surface area contributed by atoms with Gasteiger partial charge < -0.3 is 9.88 Å². The smallest absolute Gasteiger partial charge is 0.210 e. The summed E-state index contributed by atoms with van der Waals surface area (Å²) in [6.07, 6.45) is 5.26. The second kappa shape index (κ2) is 5.08. The number of primary sulfonamides is 1. The molecule has 6 nitrogen and oxygen atoms in total. The molecule has 3 N–H and O–H groups in total. The second-order valence-corrected chi connectivity index (χ2v) is 4.65. The maximum atomic E-state index is 10.5. The summed E-state index contributed by atoms with van der Waals surface area (Å²) in [4.78, 5) is 3.88. The molecule has 1 aromatic heterocycles. The molecule has 7 heteroatoms. The molecular formula is C7H14N4O2S. The number of nitrogens with one attached hydrogen (secondary N) is 1. The highest BCUT2D eigenvalue weighted by Crippen LogP contribution is 1.83. The molecule has 0 atom stereocenters. The standard InChI is InChI=1S/C7H14N4O2S/c8-14(12,13)6-3-9-1-4-11-5-2-10-7-11/h2,5,7,9H,1,3-4,6H2,(H2,8,12,13).